The summed E-state index contributed by atoms with van der Waals surface area (Å²) >= 11 is 5.93. The van der Waals surface area contributed by atoms with E-state index in [1.54, 1.807) is 13.3 Å². The molecule has 106 valence electrons. The van der Waals surface area contributed by atoms with Gasteiger partial charge in [0.25, 0.3) is 0 Å². The third-order valence-corrected chi connectivity index (χ3v) is 3.53. The van der Waals surface area contributed by atoms with Crippen molar-refractivity contribution < 1.29 is 14.2 Å². The van der Waals surface area contributed by atoms with Crippen LogP contribution in [0.2, 0.25) is 0 Å². The van der Waals surface area contributed by atoms with Crippen molar-refractivity contribution in [3.05, 3.63) is 24.4 Å². The van der Waals surface area contributed by atoms with Crippen molar-refractivity contribution in [3.8, 4) is 11.5 Å². The summed E-state index contributed by atoms with van der Waals surface area (Å²) in [6, 6.07) is 5.83. The van der Waals surface area contributed by atoms with Crippen molar-refractivity contribution >= 4 is 28.2 Å². The van der Waals surface area contributed by atoms with E-state index in [-0.39, 0.29) is 12.8 Å². The summed E-state index contributed by atoms with van der Waals surface area (Å²) in [6.07, 6.45) is 1.75. The molecule has 5 nitrogen and oxygen atoms in total. The first-order valence-electron chi connectivity index (χ1n) is 6.31. The quantitative estimate of drug-likeness (QED) is 0.859. The van der Waals surface area contributed by atoms with Gasteiger partial charge in [-0.2, -0.15) is 0 Å². The van der Waals surface area contributed by atoms with E-state index in [0.717, 1.165) is 28.1 Å². The van der Waals surface area contributed by atoms with Crippen LogP contribution in [0, 0.1) is 0 Å². The average molecular weight is 295 g/mol. The third kappa shape index (κ3) is 2.46. The SMILES string of the molecule is COCC(CCl)Nc1nccc2cc3c(cc12)OCO3. The molecule has 0 bridgehead atoms. The highest BCUT2D eigenvalue weighted by molar-refractivity contribution is 6.18. The highest BCUT2D eigenvalue weighted by Gasteiger charge is 2.17. The Morgan fingerprint density at radius 1 is 1.40 bits per heavy atom. The largest absolute Gasteiger partial charge is 0.454 e. The Morgan fingerprint density at radius 2 is 2.20 bits per heavy atom. The van der Waals surface area contributed by atoms with E-state index in [0.29, 0.717) is 12.5 Å². The number of hydrogen-bond donors (Lipinski definition) is 1. The van der Waals surface area contributed by atoms with Crippen LogP contribution in [0.15, 0.2) is 24.4 Å². The van der Waals surface area contributed by atoms with Gasteiger partial charge in [-0.15, -0.1) is 11.6 Å². The molecule has 2 heterocycles. The maximum absolute atomic E-state index is 5.93. The van der Waals surface area contributed by atoms with Gasteiger partial charge in [-0.1, -0.05) is 0 Å². The van der Waals surface area contributed by atoms with Crippen molar-refractivity contribution in [1.29, 1.82) is 0 Å². The molecular weight excluding hydrogens is 280 g/mol. The predicted octanol–water partition coefficient (Wildman–Crippen LogP) is 2.63. The van der Waals surface area contributed by atoms with Crippen molar-refractivity contribution in [2.24, 2.45) is 0 Å². The summed E-state index contributed by atoms with van der Waals surface area (Å²) < 4.78 is 15.9. The number of ether oxygens (including phenoxy) is 3. The number of pyridine rings is 1. The first-order valence-corrected chi connectivity index (χ1v) is 6.85. The Bertz CT molecular complexity index is 621. The second-order valence-electron chi connectivity index (χ2n) is 4.54. The van der Waals surface area contributed by atoms with Crippen LogP contribution in [-0.4, -0.2) is 37.4 Å². The van der Waals surface area contributed by atoms with Gasteiger partial charge in [0.05, 0.1) is 12.6 Å². The molecule has 1 aromatic carbocycles. The average Bonchev–Trinajstić information content (AvgIpc) is 2.92. The van der Waals surface area contributed by atoms with Gasteiger partial charge in [0.15, 0.2) is 11.5 Å². The zero-order valence-corrected chi connectivity index (χ0v) is 11.8. The first kappa shape index (κ1) is 13.3. The van der Waals surface area contributed by atoms with E-state index >= 15 is 0 Å². The fourth-order valence-electron chi connectivity index (χ4n) is 2.20. The predicted molar refractivity (Wildman–Crippen MR) is 77.9 cm³/mol. The second-order valence-corrected chi connectivity index (χ2v) is 4.85. The van der Waals surface area contributed by atoms with Crippen LogP contribution in [-0.2, 0) is 4.74 Å². The number of nitrogens with one attached hydrogen (secondary N) is 1. The number of anilines is 1. The fourth-order valence-corrected chi connectivity index (χ4v) is 2.36. The maximum Gasteiger partial charge on any atom is 0.231 e. The Hall–Kier alpha value is -1.72. The lowest BCUT2D eigenvalue weighted by molar-refractivity contribution is 0.174. The van der Waals surface area contributed by atoms with Crippen molar-refractivity contribution in [3.63, 3.8) is 0 Å². The van der Waals surface area contributed by atoms with Crippen LogP contribution < -0.4 is 14.8 Å². The summed E-state index contributed by atoms with van der Waals surface area (Å²) in [5.41, 5.74) is 0. The lowest BCUT2D eigenvalue weighted by Crippen LogP contribution is -2.27. The van der Waals surface area contributed by atoms with E-state index in [2.05, 4.69) is 10.3 Å². The van der Waals surface area contributed by atoms with E-state index in [9.17, 15) is 0 Å². The number of benzene rings is 1. The number of alkyl halides is 1. The van der Waals surface area contributed by atoms with Crippen LogP contribution in [0.3, 0.4) is 0 Å². The van der Waals surface area contributed by atoms with Gasteiger partial charge in [0.2, 0.25) is 6.79 Å². The highest BCUT2D eigenvalue weighted by atomic mass is 35.5. The lowest BCUT2D eigenvalue weighted by atomic mass is 10.1. The molecular formula is C14H15ClN2O3. The van der Waals surface area contributed by atoms with Gasteiger partial charge < -0.3 is 19.5 Å². The number of hydrogen-bond acceptors (Lipinski definition) is 5. The summed E-state index contributed by atoms with van der Waals surface area (Å²) in [7, 11) is 1.65. The Balaban J connectivity index is 1.98. The van der Waals surface area contributed by atoms with Crippen LogP contribution in [0.1, 0.15) is 0 Å². The zero-order chi connectivity index (χ0) is 13.9. The standard InChI is InChI=1S/C14H15ClN2O3/c1-18-7-10(6-15)17-14-11-5-13-12(19-8-20-13)4-9(11)2-3-16-14/h2-5,10H,6-8H2,1H3,(H,16,17). The van der Waals surface area contributed by atoms with Crippen LogP contribution in [0.4, 0.5) is 5.82 Å². The minimum absolute atomic E-state index is 0.00481. The Kier molecular flexibility index (Phi) is 3.80. The van der Waals surface area contributed by atoms with Crippen LogP contribution in [0.5, 0.6) is 11.5 Å². The third-order valence-electron chi connectivity index (χ3n) is 3.15. The molecule has 6 heteroatoms. The summed E-state index contributed by atoms with van der Waals surface area (Å²) in [5, 5.41) is 5.31. The van der Waals surface area contributed by atoms with Gasteiger partial charge >= 0.3 is 0 Å². The molecule has 1 aliphatic heterocycles. The Labute approximate surface area is 121 Å². The Morgan fingerprint density at radius 3 is 2.95 bits per heavy atom. The molecule has 0 saturated carbocycles. The number of halogens is 1. The molecule has 0 saturated heterocycles. The molecule has 0 radical (unpaired) electrons. The number of nitrogens with zero attached hydrogens (tertiary/aromatic N) is 1. The van der Waals surface area contributed by atoms with Crippen molar-refractivity contribution in [2.75, 3.05) is 31.7 Å². The molecule has 3 rings (SSSR count). The van der Waals surface area contributed by atoms with Gasteiger partial charge in [-0.3, -0.25) is 0 Å². The molecule has 1 aliphatic rings. The normalized spacial score (nSPS) is 14.5. The minimum Gasteiger partial charge on any atom is -0.454 e. The van der Waals surface area contributed by atoms with Gasteiger partial charge in [0, 0.05) is 24.6 Å². The smallest absolute Gasteiger partial charge is 0.231 e. The summed E-state index contributed by atoms with van der Waals surface area (Å²) in [6.45, 7) is 0.780. The number of rotatable bonds is 5. The van der Waals surface area contributed by atoms with Crippen LogP contribution >= 0.6 is 11.6 Å². The first-order chi connectivity index (χ1) is 9.81. The summed E-state index contributed by atoms with van der Waals surface area (Å²) in [4.78, 5) is 4.38. The molecule has 20 heavy (non-hydrogen) atoms. The number of aromatic nitrogens is 1. The monoisotopic (exact) mass is 294 g/mol. The molecule has 0 spiro atoms. The van der Waals surface area contributed by atoms with Gasteiger partial charge in [-0.25, -0.2) is 4.98 Å². The molecule has 1 N–H and O–H groups in total. The number of fused-ring (bicyclic) bond motifs is 2. The highest BCUT2D eigenvalue weighted by Crippen LogP contribution is 2.37. The molecule has 2 aromatic rings. The molecule has 0 amide bonds. The maximum atomic E-state index is 5.93. The van der Waals surface area contributed by atoms with E-state index in [1.165, 1.54) is 0 Å². The molecule has 0 fully saturated rings. The molecule has 0 aliphatic carbocycles. The van der Waals surface area contributed by atoms with Crippen LogP contribution in [0.25, 0.3) is 10.8 Å². The van der Waals surface area contributed by atoms with E-state index < -0.39 is 0 Å². The zero-order valence-electron chi connectivity index (χ0n) is 11.1. The van der Waals surface area contributed by atoms with Gasteiger partial charge in [-0.05, 0) is 23.6 Å². The minimum atomic E-state index is 0.00481. The molecule has 1 unspecified atom stereocenters. The lowest BCUT2D eigenvalue weighted by Gasteiger charge is -2.17. The number of methoxy groups -OCH3 is 1. The fraction of sp³-hybridized carbons (Fsp3) is 0.357. The van der Waals surface area contributed by atoms with Gasteiger partial charge in [0.1, 0.15) is 5.82 Å². The second kappa shape index (κ2) is 5.73. The van der Waals surface area contributed by atoms with E-state index in [4.69, 9.17) is 25.8 Å². The molecule has 1 aromatic heterocycles. The molecule has 1 atom stereocenters. The van der Waals surface area contributed by atoms with Crippen molar-refractivity contribution in [1.82, 2.24) is 4.98 Å². The van der Waals surface area contributed by atoms with Crippen molar-refractivity contribution in [2.45, 2.75) is 6.04 Å². The van der Waals surface area contributed by atoms with E-state index in [1.807, 2.05) is 18.2 Å². The topological polar surface area (TPSA) is 52.6 Å². The summed E-state index contributed by atoms with van der Waals surface area (Å²) in [5.74, 6) is 2.71.